The first-order chi connectivity index (χ1) is 14.3. The van der Waals surface area contributed by atoms with Crippen LogP contribution in [0.3, 0.4) is 0 Å². The summed E-state index contributed by atoms with van der Waals surface area (Å²) >= 11 is 0. The fourth-order valence-electron chi connectivity index (χ4n) is 2.95. The van der Waals surface area contributed by atoms with E-state index in [9.17, 15) is 17.6 Å². The van der Waals surface area contributed by atoms with Crippen molar-refractivity contribution in [3.63, 3.8) is 0 Å². The lowest BCUT2D eigenvalue weighted by atomic mass is 10.1. The summed E-state index contributed by atoms with van der Waals surface area (Å²) in [5.41, 5.74) is 2.15. The van der Waals surface area contributed by atoms with Gasteiger partial charge in [-0.1, -0.05) is 0 Å². The number of rotatable bonds is 5. The van der Waals surface area contributed by atoms with Gasteiger partial charge in [0.1, 0.15) is 5.82 Å². The number of benzene rings is 1. The Kier molecular flexibility index (Phi) is 5.00. The van der Waals surface area contributed by atoms with E-state index in [-0.39, 0.29) is 23.3 Å². The topological polar surface area (TPSA) is 107 Å². The van der Waals surface area contributed by atoms with Crippen molar-refractivity contribution in [3.8, 4) is 5.69 Å². The van der Waals surface area contributed by atoms with Crippen LogP contribution in [0.5, 0.6) is 0 Å². The average Bonchev–Trinajstić information content (AvgIpc) is 3.16. The van der Waals surface area contributed by atoms with Gasteiger partial charge >= 0.3 is 0 Å². The minimum Gasteiger partial charge on any atom is -0.348 e. The number of aromatic nitrogens is 4. The maximum Gasteiger partial charge on any atom is 0.253 e. The summed E-state index contributed by atoms with van der Waals surface area (Å²) in [7, 11) is -3.44. The Morgan fingerprint density at radius 1 is 1.13 bits per heavy atom. The van der Waals surface area contributed by atoms with Crippen LogP contribution in [0, 0.1) is 5.82 Å². The molecule has 1 N–H and O–H groups in total. The number of nitrogens with zero attached hydrogens (tertiary/aromatic N) is 4. The third kappa shape index (κ3) is 3.90. The second kappa shape index (κ2) is 7.64. The molecule has 0 fully saturated rings. The first-order valence-corrected chi connectivity index (χ1v) is 10.7. The summed E-state index contributed by atoms with van der Waals surface area (Å²) in [5.74, 6) is -0.743. The molecule has 0 atom stereocenters. The zero-order valence-corrected chi connectivity index (χ0v) is 16.6. The Bertz CT molecular complexity index is 1350. The fraction of sp³-hybridized carbons (Fsp3) is 0.100. The molecule has 4 rings (SSSR count). The van der Waals surface area contributed by atoms with Gasteiger partial charge < -0.3 is 5.32 Å². The van der Waals surface area contributed by atoms with Crippen molar-refractivity contribution in [1.82, 2.24) is 25.1 Å². The molecular formula is C20H16FN5O3S. The van der Waals surface area contributed by atoms with E-state index in [1.54, 1.807) is 35.3 Å². The molecule has 0 aliphatic heterocycles. The van der Waals surface area contributed by atoms with Gasteiger partial charge in [0.15, 0.2) is 14.9 Å². The van der Waals surface area contributed by atoms with Gasteiger partial charge in [-0.05, 0) is 42.0 Å². The predicted octanol–water partition coefficient (Wildman–Crippen LogP) is 2.29. The minimum absolute atomic E-state index is 0.0569. The molecular weight excluding hydrogens is 409 g/mol. The zero-order valence-electron chi connectivity index (χ0n) is 15.8. The highest BCUT2D eigenvalue weighted by Gasteiger charge is 2.15. The van der Waals surface area contributed by atoms with Crippen LogP contribution >= 0.6 is 0 Å². The van der Waals surface area contributed by atoms with Gasteiger partial charge in [0.05, 0.1) is 29.2 Å². The molecule has 8 nitrogen and oxygen atoms in total. The van der Waals surface area contributed by atoms with Crippen LogP contribution < -0.4 is 5.32 Å². The van der Waals surface area contributed by atoms with E-state index in [0.717, 1.165) is 6.26 Å². The van der Waals surface area contributed by atoms with E-state index in [0.29, 0.717) is 27.7 Å². The molecule has 0 aliphatic rings. The van der Waals surface area contributed by atoms with Crippen LogP contribution in [-0.2, 0) is 16.4 Å². The fourth-order valence-corrected chi connectivity index (χ4v) is 3.57. The number of carbonyl (C=O) groups excluding carboxylic acids is 1. The highest BCUT2D eigenvalue weighted by atomic mass is 32.2. The molecule has 30 heavy (non-hydrogen) atoms. The highest BCUT2D eigenvalue weighted by molar-refractivity contribution is 7.90. The Balaban J connectivity index is 1.59. The van der Waals surface area contributed by atoms with Crippen LogP contribution in [-0.4, -0.2) is 40.3 Å². The maximum atomic E-state index is 13.2. The minimum atomic E-state index is -3.44. The Morgan fingerprint density at radius 2 is 1.90 bits per heavy atom. The Labute approximate surface area is 171 Å². The number of halogens is 1. The summed E-state index contributed by atoms with van der Waals surface area (Å²) in [4.78, 5) is 20.7. The molecule has 0 radical (unpaired) electrons. The SMILES string of the molecule is CS(=O)(=O)c1cc(CNC(=O)c2cncc3c2cnn3-c2ccc(F)cc2)ccn1. The van der Waals surface area contributed by atoms with Crippen LogP contribution in [0.15, 0.2) is 66.2 Å². The molecule has 4 aromatic rings. The van der Waals surface area contributed by atoms with Gasteiger partial charge in [-0.2, -0.15) is 5.10 Å². The number of pyridine rings is 2. The molecule has 1 aromatic carbocycles. The van der Waals surface area contributed by atoms with Gasteiger partial charge in [0.25, 0.3) is 5.91 Å². The Hall–Kier alpha value is -3.66. The highest BCUT2D eigenvalue weighted by Crippen LogP contribution is 2.21. The Morgan fingerprint density at radius 3 is 2.63 bits per heavy atom. The number of hydrogen-bond donors (Lipinski definition) is 1. The molecule has 152 valence electrons. The monoisotopic (exact) mass is 425 g/mol. The second-order valence-electron chi connectivity index (χ2n) is 6.61. The number of fused-ring (bicyclic) bond motifs is 1. The molecule has 3 heterocycles. The predicted molar refractivity (Wildman–Crippen MR) is 107 cm³/mol. The molecule has 0 aliphatic carbocycles. The van der Waals surface area contributed by atoms with Gasteiger partial charge in [-0.15, -0.1) is 0 Å². The van der Waals surface area contributed by atoms with Crippen molar-refractivity contribution in [1.29, 1.82) is 0 Å². The number of sulfone groups is 1. The summed E-state index contributed by atoms with van der Waals surface area (Å²) in [6, 6.07) is 8.86. The van der Waals surface area contributed by atoms with Crippen molar-refractivity contribution in [2.24, 2.45) is 0 Å². The number of hydrogen-bond acceptors (Lipinski definition) is 6. The van der Waals surface area contributed by atoms with Crippen molar-refractivity contribution in [2.75, 3.05) is 6.26 Å². The normalized spacial score (nSPS) is 11.5. The molecule has 10 heteroatoms. The number of amides is 1. The van der Waals surface area contributed by atoms with Crippen molar-refractivity contribution in [3.05, 3.63) is 78.1 Å². The second-order valence-corrected chi connectivity index (χ2v) is 8.57. The lowest BCUT2D eigenvalue weighted by Crippen LogP contribution is -2.23. The van der Waals surface area contributed by atoms with Crippen LogP contribution in [0.25, 0.3) is 16.6 Å². The standard InChI is InChI=1S/C20H16FN5O3S/c1-30(28,29)19-8-13(6-7-23-19)9-24-20(27)17-10-22-12-18-16(17)11-25-26(18)15-4-2-14(21)3-5-15/h2-8,10-12H,9H2,1H3,(H,24,27). The van der Waals surface area contributed by atoms with E-state index in [1.165, 1.54) is 30.6 Å². The molecule has 1 amide bonds. The smallest absolute Gasteiger partial charge is 0.253 e. The molecule has 0 saturated carbocycles. The first kappa shape index (κ1) is 19.6. The summed E-state index contributed by atoms with van der Waals surface area (Å²) < 4.78 is 38.0. The van der Waals surface area contributed by atoms with E-state index in [2.05, 4.69) is 20.4 Å². The quantitative estimate of drug-likeness (QED) is 0.526. The van der Waals surface area contributed by atoms with Gasteiger partial charge in [0, 0.05) is 30.6 Å². The van der Waals surface area contributed by atoms with E-state index >= 15 is 0 Å². The summed E-state index contributed by atoms with van der Waals surface area (Å²) in [6.07, 6.45) is 7.01. The van der Waals surface area contributed by atoms with Gasteiger partial charge in [0.2, 0.25) is 0 Å². The molecule has 0 saturated heterocycles. The molecule has 0 unspecified atom stereocenters. The number of carbonyl (C=O) groups is 1. The third-order valence-electron chi connectivity index (χ3n) is 4.45. The zero-order chi connectivity index (χ0) is 21.3. The van der Waals surface area contributed by atoms with Gasteiger partial charge in [-0.3, -0.25) is 9.78 Å². The summed E-state index contributed by atoms with van der Waals surface area (Å²) in [5, 5.41) is 7.57. The van der Waals surface area contributed by atoms with Crippen LogP contribution in [0.1, 0.15) is 15.9 Å². The van der Waals surface area contributed by atoms with E-state index in [1.807, 2.05) is 0 Å². The maximum absolute atomic E-state index is 13.2. The van der Waals surface area contributed by atoms with Crippen LogP contribution in [0.2, 0.25) is 0 Å². The summed E-state index contributed by atoms with van der Waals surface area (Å²) in [6.45, 7) is 0.117. The lowest BCUT2D eigenvalue weighted by molar-refractivity contribution is 0.0952. The van der Waals surface area contributed by atoms with Gasteiger partial charge in [-0.25, -0.2) is 22.5 Å². The molecule has 0 bridgehead atoms. The van der Waals surface area contributed by atoms with Crippen LogP contribution in [0.4, 0.5) is 4.39 Å². The lowest BCUT2D eigenvalue weighted by Gasteiger charge is -2.08. The molecule has 3 aromatic heterocycles. The average molecular weight is 425 g/mol. The van der Waals surface area contributed by atoms with Crippen molar-refractivity contribution >= 4 is 26.6 Å². The largest absolute Gasteiger partial charge is 0.348 e. The third-order valence-corrected chi connectivity index (χ3v) is 5.43. The number of nitrogens with one attached hydrogen (secondary N) is 1. The molecule has 0 spiro atoms. The van der Waals surface area contributed by atoms with Crippen molar-refractivity contribution in [2.45, 2.75) is 11.6 Å². The van der Waals surface area contributed by atoms with E-state index < -0.39 is 9.84 Å². The van der Waals surface area contributed by atoms with E-state index in [4.69, 9.17) is 0 Å². The van der Waals surface area contributed by atoms with Crippen molar-refractivity contribution < 1.29 is 17.6 Å². The first-order valence-electron chi connectivity index (χ1n) is 8.84.